The van der Waals surface area contributed by atoms with Crippen LogP contribution in [0.2, 0.25) is 0 Å². The second kappa shape index (κ2) is 7.10. The summed E-state index contributed by atoms with van der Waals surface area (Å²) in [5.74, 6) is -1.84. The highest BCUT2D eigenvalue weighted by atomic mass is 19.4. The van der Waals surface area contributed by atoms with E-state index in [1.807, 2.05) is 0 Å². The van der Waals surface area contributed by atoms with Gasteiger partial charge >= 0.3 is 12.1 Å². The van der Waals surface area contributed by atoms with Gasteiger partial charge in [0.1, 0.15) is 0 Å². The van der Waals surface area contributed by atoms with Gasteiger partial charge in [0.15, 0.2) is 0 Å². The Morgan fingerprint density at radius 1 is 1.29 bits per heavy atom. The van der Waals surface area contributed by atoms with Crippen molar-refractivity contribution >= 4 is 11.9 Å². The van der Waals surface area contributed by atoms with E-state index in [1.165, 1.54) is 18.2 Å². The molecule has 0 unspecified atom stereocenters. The molecule has 0 aliphatic heterocycles. The van der Waals surface area contributed by atoms with E-state index < -0.39 is 30.0 Å². The van der Waals surface area contributed by atoms with Crippen molar-refractivity contribution in [1.29, 1.82) is 0 Å². The van der Waals surface area contributed by atoms with Crippen LogP contribution in [0.15, 0.2) is 24.3 Å². The molecule has 0 aromatic heterocycles. The van der Waals surface area contributed by atoms with Gasteiger partial charge in [-0.3, -0.25) is 9.59 Å². The predicted molar refractivity (Wildman–Crippen MR) is 69.6 cm³/mol. The van der Waals surface area contributed by atoms with E-state index in [1.54, 1.807) is 6.92 Å². The molecule has 0 fully saturated rings. The Bertz CT molecular complexity index is 514. The summed E-state index contributed by atoms with van der Waals surface area (Å²) in [4.78, 5) is 22.1. The number of carbonyl (C=O) groups is 2. The molecule has 0 bridgehead atoms. The summed E-state index contributed by atoms with van der Waals surface area (Å²) in [5.41, 5.74) is -0.938. The van der Waals surface area contributed by atoms with Crippen molar-refractivity contribution in [3.63, 3.8) is 0 Å². The molecule has 1 amide bonds. The molecule has 1 aromatic carbocycles. The first-order valence-electron chi connectivity index (χ1n) is 6.33. The molecule has 0 saturated carbocycles. The zero-order valence-electron chi connectivity index (χ0n) is 11.4. The first kappa shape index (κ1) is 17.0. The second-order valence-electron chi connectivity index (χ2n) is 4.84. The average molecular weight is 303 g/mol. The Balaban J connectivity index is 2.62. The van der Waals surface area contributed by atoms with E-state index in [9.17, 15) is 22.8 Å². The normalized spacial score (nSPS) is 12.8. The summed E-state index contributed by atoms with van der Waals surface area (Å²) in [6.07, 6.45) is -5.01. The predicted octanol–water partition coefficient (Wildman–Crippen LogP) is 2.47. The van der Waals surface area contributed by atoms with Crippen LogP contribution < -0.4 is 5.32 Å². The molecule has 0 spiro atoms. The molecule has 0 saturated heterocycles. The Kier molecular flexibility index (Phi) is 5.75. The molecule has 7 heteroatoms. The van der Waals surface area contributed by atoms with E-state index in [-0.39, 0.29) is 24.4 Å². The number of hydrogen-bond donors (Lipinski definition) is 2. The summed E-state index contributed by atoms with van der Waals surface area (Å²) >= 11 is 0. The topological polar surface area (TPSA) is 66.4 Å². The average Bonchev–Trinajstić information content (AvgIpc) is 2.35. The standard InChI is InChI=1S/C14H16F3NO3/c1-9(6-13(20)21)8-18-12(19)7-10-4-2-3-5-11(10)14(15,16)17/h2-5,9H,6-8H2,1H3,(H,18,19)(H,20,21)/t9-/m1/s1. The van der Waals surface area contributed by atoms with Gasteiger partial charge in [-0.25, -0.2) is 0 Å². The highest BCUT2D eigenvalue weighted by Crippen LogP contribution is 2.31. The number of carbonyl (C=O) groups excluding carboxylic acids is 1. The highest BCUT2D eigenvalue weighted by molar-refractivity contribution is 5.79. The number of aliphatic carboxylic acids is 1. The molecule has 21 heavy (non-hydrogen) atoms. The number of amides is 1. The lowest BCUT2D eigenvalue weighted by Gasteiger charge is -2.14. The molecule has 0 radical (unpaired) electrons. The minimum Gasteiger partial charge on any atom is -0.481 e. The quantitative estimate of drug-likeness (QED) is 0.848. The number of alkyl halides is 3. The Hall–Kier alpha value is -2.05. The van der Waals surface area contributed by atoms with Crippen molar-refractivity contribution in [3.05, 3.63) is 35.4 Å². The summed E-state index contributed by atoms with van der Waals surface area (Å²) in [6, 6.07) is 4.88. The number of benzene rings is 1. The maximum Gasteiger partial charge on any atom is 0.416 e. The lowest BCUT2D eigenvalue weighted by atomic mass is 10.0. The number of rotatable bonds is 6. The van der Waals surface area contributed by atoms with Crippen LogP contribution in [0.4, 0.5) is 13.2 Å². The number of nitrogens with one attached hydrogen (secondary N) is 1. The van der Waals surface area contributed by atoms with Gasteiger partial charge < -0.3 is 10.4 Å². The fourth-order valence-corrected chi connectivity index (χ4v) is 1.84. The summed E-state index contributed by atoms with van der Waals surface area (Å²) < 4.78 is 38.3. The summed E-state index contributed by atoms with van der Waals surface area (Å²) in [5, 5.41) is 11.0. The first-order valence-corrected chi connectivity index (χ1v) is 6.33. The van der Waals surface area contributed by atoms with E-state index in [4.69, 9.17) is 5.11 Å². The molecule has 0 heterocycles. The molecule has 1 rings (SSSR count). The first-order chi connectivity index (χ1) is 9.70. The van der Waals surface area contributed by atoms with Crippen molar-refractivity contribution in [1.82, 2.24) is 5.32 Å². The fourth-order valence-electron chi connectivity index (χ4n) is 1.84. The largest absolute Gasteiger partial charge is 0.481 e. The van der Waals surface area contributed by atoms with Crippen LogP contribution in [-0.4, -0.2) is 23.5 Å². The minimum absolute atomic E-state index is 0.103. The Labute approximate surface area is 120 Å². The van der Waals surface area contributed by atoms with E-state index in [0.717, 1.165) is 6.07 Å². The molecule has 1 atom stereocenters. The molecule has 4 nitrogen and oxygen atoms in total. The Morgan fingerprint density at radius 3 is 2.48 bits per heavy atom. The SMILES string of the molecule is C[C@@H](CNC(=O)Cc1ccccc1C(F)(F)F)CC(=O)O. The van der Waals surface area contributed by atoms with Gasteiger partial charge in [0.05, 0.1) is 12.0 Å². The van der Waals surface area contributed by atoms with Gasteiger partial charge in [-0.1, -0.05) is 25.1 Å². The van der Waals surface area contributed by atoms with Gasteiger partial charge in [-0.15, -0.1) is 0 Å². The Morgan fingerprint density at radius 2 is 1.90 bits per heavy atom. The van der Waals surface area contributed by atoms with Crippen LogP contribution in [0, 0.1) is 5.92 Å². The van der Waals surface area contributed by atoms with Gasteiger partial charge in [0.2, 0.25) is 5.91 Å². The number of hydrogen-bond acceptors (Lipinski definition) is 2. The van der Waals surface area contributed by atoms with E-state index >= 15 is 0 Å². The summed E-state index contributed by atoms with van der Waals surface area (Å²) in [7, 11) is 0. The number of carboxylic acids is 1. The fraction of sp³-hybridized carbons (Fsp3) is 0.429. The van der Waals surface area contributed by atoms with Crippen molar-refractivity contribution in [2.45, 2.75) is 25.9 Å². The highest BCUT2D eigenvalue weighted by Gasteiger charge is 2.33. The van der Waals surface area contributed by atoms with Crippen molar-refractivity contribution in [2.75, 3.05) is 6.54 Å². The maximum absolute atomic E-state index is 12.8. The second-order valence-corrected chi connectivity index (χ2v) is 4.84. The van der Waals surface area contributed by atoms with Gasteiger partial charge in [-0.05, 0) is 17.5 Å². The molecule has 0 aliphatic carbocycles. The molecule has 116 valence electrons. The zero-order chi connectivity index (χ0) is 16.0. The van der Waals surface area contributed by atoms with Gasteiger partial charge in [0.25, 0.3) is 0 Å². The maximum atomic E-state index is 12.8. The summed E-state index contributed by atoms with van der Waals surface area (Å²) in [6.45, 7) is 1.75. The van der Waals surface area contributed by atoms with Crippen LogP contribution in [0.3, 0.4) is 0 Å². The minimum atomic E-state index is -4.51. The third-order valence-electron chi connectivity index (χ3n) is 2.84. The van der Waals surface area contributed by atoms with E-state index in [0.29, 0.717) is 0 Å². The third-order valence-corrected chi connectivity index (χ3v) is 2.84. The van der Waals surface area contributed by atoms with Crippen LogP contribution in [0.1, 0.15) is 24.5 Å². The lowest BCUT2D eigenvalue weighted by molar-refractivity contribution is -0.139. The molecular formula is C14H16F3NO3. The van der Waals surface area contributed by atoms with Crippen LogP contribution >= 0.6 is 0 Å². The molecule has 1 aromatic rings. The molecule has 2 N–H and O–H groups in total. The molecular weight excluding hydrogens is 287 g/mol. The van der Waals surface area contributed by atoms with Gasteiger partial charge in [0, 0.05) is 13.0 Å². The van der Waals surface area contributed by atoms with Crippen molar-refractivity contribution in [2.24, 2.45) is 5.92 Å². The number of carboxylic acid groups (broad SMARTS) is 1. The number of halogens is 3. The monoisotopic (exact) mass is 303 g/mol. The van der Waals surface area contributed by atoms with Crippen LogP contribution in [0.5, 0.6) is 0 Å². The van der Waals surface area contributed by atoms with Gasteiger partial charge in [-0.2, -0.15) is 13.2 Å². The zero-order valence-corrected chi connectivity index (χ0v) is 11.4. The lowest BCUT2D eigenvalue weighted by Crippen LogP contribution is -2.31. The van der Waals surface area contributed by atoms with Crippen LogP contribution in [0.25, 0.3) is 0 Å². The van der Waals surface area contributed by atoms with E-state index in [2.05, 4.69) is 5.32 Å². The van der Waals surface area contributed by atoms with Crippen LogP contribution in [-0.2, 0) is 22.2 Å². The van der Waals surface area contributed by atoms with Crippen molar-refractivity contribution < 1.29 is 27.9 Å². The van der Waals surface area contributed by atoms with Crippen molar-refractivity contribution in [3.8, 4) is 0 Å². The third kappa shape index (κ3) is 5.85. The molecule has 0 aliphatic rings. The smallest absolute Gasteiger partial charge is 0.416 e.